The molecule has 0 radical (unpaired) electrons. The molecule has 0 fully saturated rings. The number of imidazole rings is 1. The van der Waals surface area contributed by atoms with Gasteiger partial charge < -0.3 is 10.5 Å². The lowest BCUT2D eigenvalue weighted by Gasteiger charge is -2.07. The third kappa shape index (κ3) is 3.92. The number of ether oxygens (including phenoxy) is 1. The van der Waals surface area contributed by atoms with Gasteiger partial charge in [-0.2, -0.15) is 5.10 Å². The molecule has 0 atom stereocenters. The lowest BCUT2D eigenvalue weighted by atomic mass is 10.2. The normalized spacial score (nSPS) is 11.0. The lowest BCUT2D eigenvalue weighted by molar-refractivity contribution is -0.131. The van der Waals surface area contributed by atoms with Crippen molar-refractivity contribution in [2.75, 3.05) is 5.73 Å². The quantitative estimate of drug-likeness (QED) is 0.474. The Bertz CT molecular complexity index is 702. The minimum atomic E-state index is -0.389. The van der Waals surface area contributed by atoms with Gasteiger partial charge in [0.25, 0.3) is 0 Å². The number of nitrogen functional groups attached to an aromatic ring is 1. The van der Waals surface area contributed by atoms with Gasteiger partial charge in [-0.15, -0.1) is 0 Å². The van der Waals surface area contributed by atoms with E-state index in [0.717, 1.165) is 11.3 Å². The fourth-order valence-electron chi connectivity index (χ4n) is 1.62. The molecule has 0 amide bonds. The van der Waals surface area contributed by atoms with Crippen LogP contribution in [0.4, 0.5) is 5.95 Å². The summed E-state index contributed by atoms with van der Waals surface area (Å²) in [5.41, 5.74) is 7.30. The Balaban J connectivity index is 2.29. The lowest BCUT2D eigenvalue weighted by Crippen LogP contribution is -2.03. The van der Waals surface area contributed by atoms with Crippen molar-refractivity contribution in [2.24, 2.45) is 5.10 Å². The van der Waals surface area contributed by atoms with Gasteiger partial charge in [-0.25, -0.2) is 9.66 Å². The van der Waals surface area contributed by atoms with Crippen LogP contribution in [0, 0.1) is 6.92 Å². The maximum absolute atomic E-state index is 11.0. The SMILES string of the molecule is CC(=O)Oc1c(Br)cc(C=Nn2cc(C)nc2N)cc1Br. The van der Waals surface area contributed by atoms with Gasteiger partial charge in [0.2, 0.25) is 5.95 Å². The van der Waals surface area contributed by atoms with Crippen molar-refractivity contribution in [2.45, 2.75) is 13.8 Å². The van der Waals surface area contributed by atoms with E-state index in [1.54, 1.807) is 24.5 Å². The van der Waals surface area contributed by atoms with Crippen LogP contribution < -0.4 is 10.5 Å². The molecule has 0 saturated heterocycles. The highest BCUT2D eigenvalue weighted by molar-refractivity contribution is 9.11. The number of rotatable bonds is 3. The number of aryl methyl sites for hydroxylation is 1. The number of carbonyl (C=O) groups excluding carboxylic acids is 1. The summed E-state index contributed by atoms with van der Waals surface area (Å²) >= 11 is 6.72. The van der Waals surface area contributed by atoms with Crippen LogP contribution in [0.25, 0.3) is 0 Å². The van der Waals surface area contributed by atoms with E-state index in [1.807, 2.05) is 6.92 Å². The van der Waals surface area contributed by atoms with Crippen molar-refractivity contribution in [1.82, 2.24) is 9.66 Å². The van der Waals surface area contributed by atoms with Crippen LogP contribution in [0.15, 0.2) is 32.4 Å². The van der Waals surface area contributed by atoms with Gasteiger partial charge in [-0.1, -0.05) is 0 Å². The summed E-state index contributed by atoms with van der Waals surface area (Å²) in [5.74, 6) is 0.357. The van der Waals surface area contributed by atoms with E-state index in [0.29, 0.717) is 20.6 Å². The molecule has 0 spiro atoms. The number of nitrogens with zero attached hydrogens (tertiary/aromatic N) is 3. The van der Waals surface area contributed by atoms with Crippen LogP contribution in [0.2, 0.25) is 0 Å². The minimum Gasteiger partial charge on any atom is -0.424 e. The molecule has 2 N–H and O–H groups in total. The predicted molar refractivity (Wildman–Crippen MR) is 87.5 cm³/mol. The number of aromatic nitrogens is 2. The Labute approximate surface area is 138 Å². The van der Waals surface area contributed by atoms with Crippen molar-refractivity contribution in [3.63, 3.8) is 0 Å². The van der Waals surface area contributed by atoms with Crippen molar-refractivity contribution in [1.29, 1.82) is 0 Å². The van der Waals surface area contributed by atoms with Gasteiger partial charge >= 0.3 is 5.97 Å². The second kappa shape index (κ2) is 6.40. The monoisotopic (exact) mass is 414 g/mol. The van der Waals surface area contributed by atoms with E-state index in [-0.39, 0.29) is 5.97 Å². The standard InChI is InChI=1S/C13H12Br2N4O2/c1-7-6-19(13(16)18-7)17-5-9-3-10(14)12(11(15)4-9)21-8(2)20/h3-6H,1-2H3,(H2,16,18). The van der Waals surface area contributed by atoms with Crippen molar-refractivity contribution >= 4 is 50.0 Å². The highest BCUT2D eigenvalue weighted by atomic mass is 79.9. The number of hydrogen-bond donors (Lipinski definition) is 1. The molecule has 110 valence electrons. The minimum absolute atomic E-state index is 0.318. The van der Waals surface area contributed by atoms with Crippen molar-refractivity contribution in [3.8, 4) is 5.75 Å². The molecule has 0 bridgehead atoms. The number of benzene rings is 1. The molecule has 2 rings (SSSR count). The number of halogens is 2. The molecular weight excluding hydrogens is 404 g/mol. The van der Waals surface area contributed by atoms with Crippen LogP contribution in [-0.4, -0.2) is 21.8 Å². The zero-order chi connectivity index (χ0) is 15.6. The molecule has 6 nitrogen and oxygen atoms in total. The number of anilines is 1. The zero-order valence-electron chi connectivity index (χ0n) is 11.3. The largest absolute Gasteiger partial charge is 0.424 e. The third-order valence-corrected chi connectivity index (χ3v) is 3.61. The Morgan fingerprint density at radius 3 is 2.52 bits per heavy atom. The van der Waals surface area contributed by atoms with Gasteiger partial charge in [0.1, 0.15) is 0 Å². The Kier molecular flexibility index (Phi) is 4.79. The van der Waals surface area contributed by atoms with Gasteiger partial charge in [-0.05, 0) is 56.5 Å². The topological polar surface area (TPSA) is 82.5 Å². The third-order valence-electron chi connectivity index (χ3n) is 2.43. The van der Waals surface area contributed by atoms with E-state index in [2.05, 4.69) is 41.9 Å². The summed E-state index contributed by atoms with van der Waals surface area (Å²) in [6.07, 6.45) is 3.35. The average Bonchev–Trinajstić information content (AvgIpc) is 2.69. The summed E-state index contributed by atoms with van der Waals surface area (Å²) in [6.45, 7) is 3.18. The smallest absolute Gasteiger partial charge is 0.308 e. The van der Waals surface area contributed by atoms with Crippen LogP contribution in [0.3, 0.4) is 0 Å². The van der Waals surface area contributed by atoms with Crippen LogP contribution in [-0.2, 0) is 4.79 Å². The second-order valence-electron chi connectivity index (χ2n) is 4.24. The maximum Gasteiger partial charge on any atom is 0.308 e. The van der Waals surface area contributed by atoms with E-state index in [1.165, 1.54) is 11.6 Å². The molecule has 0 aliphatic carbocycles. The van der Waals surface area contributed by atoms with Gasteiger partial charge in [0.05, 0.1) is 27.1 Å². The highest BCUT2D eigenvalue weighted by Gasteiger charge is 2.10. The number of hydrogen-bond acceptors (Lipinski definition) is 5. The van der Waals surface area contributed by atoms with Crippen LogP contribution in [0.1, 0.15) is 18.2 Å². The van der Waals surface area contributed by atoms with Gasteiger partial charge in [0.15, 0.2) is 5.75 Å². The Morgan fingerprint density at radius 2 is 2.05 bits per heavy atom. The van der Waals surface area contributed by atoms with Crippen LogP contribution in [0.5, 0.6) is 5.75 Å². The second-order valence-corrected chi connectivity index (χ2v) is 5.95. The average molecular weight is 416 g/mol. The van der Waals surface area contributed by atoms with Crippen molar-refractivity contribution in [3.05, 3.63) is 38.5 Å². The molecule has 0 aliphatic rings. The van der Waals surface area contributed by atoms with Gasteiger partial charge in [0, 0.05) is 6.92 Å². The summed E-state index contributed by atoms with van der Waals surface area (Å²) in [7, 11) is 0. The summed E-state index contributed by atoms with van der Waals surface area (Å²) in [5, 5.41) is 4.22. The number of esters is 1. The number of nitrogens with two attached hydrogens (primary N) is 1. The van der Waals surface area contributed by atoms with E-state index >= 15 is 0 Å². The molecular formula is C13H12Br2N4O2. The Hall–Kier alpha value is -1.67. The molecule has 1 aromatic carbocycles. The first-order valence-corrected chi connectivity index (χ1v) is 7.48. The molecule has 1 heterocycles. The summed E-state index contributed by atoms with van der Waals surface area (Å²) in [6, 6.07) is 3.57. The first kappa shape index (κ1) is 15.7. The highest BCUT2D eigenvalue weighted by Crippen LogP contribution is 2.34. The Morgan fingerprint density at radius 1 is 1.43 bits per heavy atom. The molecule has 2 aromatic rings. The first-order chi connectivity index (χ1) is 9.86. The van der Waals surface area contributed by atoms with E-state index in [4.69, 9.17) is 10.5 Å². The summed E-state index contributed by atoms with van der Waals surface area (Å²) in [4.78, 5) is 15.1. The fraction of sp³-hybridized carbons (Fsp3) is 0.154. The van der Waals surface area contributed by atoms with Crippen molar-refractivity contribution < 1.29 is 9.53 Å². The molecule has 1 aromatic heterocycles. The maximum atomic E-state index is 11.0. The number of carbonyl (C=O) groups is 1. The molecule has 0 unspecified atom stereocenters. The molecule has 21 heavy (non-hydrogen) atoms. The first-order valence-electron chi connectivity index (χ1n) is 5.90. The molecule has 8 heteroatoms. The predicted octanol–water partition coefficient (Wildman–Crippen LogP) is 3.11. The van der Waals surface area contributed by atoms with Gasteiger partial charge in [-0.3, -0.25) is 4.79 Å². The molecule has 0 aliphatic heterocycles. The molecule has 0 saturated carbocycles. The van der Waals surface area contributed by atoms with Crippen LogP contribution >= 0.6 is 31.9 Å². The van der Waals surface area contributed by atoms with E-state index < -0.39 is 0 Å². The summed E-state index contributed by atoms with van der Waals surface area (Å²) < 4.78 is 7.87. The fourth-order valence-corrected chi connectivity index (χ4v) is 3.00. The zero-order valence-corrected chi connectivity index (χ0v) is 14.5. The van der Waals surface area contributed by atoms with E-state index in [9.17, 15) is 4.79 Å².